The number of aromatic nitrogens is 2. The van der Waals surface area contributed by atoms with E-state index in [-0.39, 0.29) is 4.90 Å². The van der Waals surface area contributed by atoms with E-state index in [9.17, 15) is 8.42 Å². The van der Waals surface area contributed by atoms with Crippen LogP contribution in [0.3, 0.4) is 0 Å². The molecule has 112 valence electrons. The number of nitrogens with zero attached hydrogens (tertiary/aromatic N) is 2. The molecule has 2 aromatic rings. The molecule has 6 nitrogen and oxygen atoms in total. The standard InChI is InChI=1S/C14H18N4O2S/c1-3-6-15-13-10-12(5-8-16-13)21(19,20)18-14-9-11(2)4-7-17-14/h4-5,7-10H,3,6H2,1-2H3,(H,15,16)(H,17,18). The van der Waals surface area contributed by atoms with Crippen molar-refractivity contribution in [2.75, 3.05) is 16.6 Å². The molecular weight excluding hydrogens is 288 g/mol. The summed E-state index contributed by atoms with van der Waals surface area (Å²) in [6.07, 6.45) is 3.97. The second-order valence-corrected chi connectivity index (χ2v) is 6.31. The van der Waals surface area contributed by atoms with Crippen LogP contribution in [0.25, 0.3) is 0 Å². The van der Waals surface area contributed by atoms with Gasteiger partial charge in [-0.15, -0.1) is 0 Å². The van der Waals surface area contributed by atoms with Crippen LogP contribution < -0.4 is 10.0 Å². The van der Waals surface area contributed by atoms with Gasteiger partial charge in [0, 0.05) is 25.0 Å². The van der Waals surface area contributed by atoms with Gasteiger partial charge < -0.3 is 5.32 Å². The maximum absolute atomic E-state index is 12.3. The quantitative estimate of drug-likeness (QED) is 0.856. The van der Waals surface area contributed by atoms with Crippen LogP contribution in [0.1, 0.15) is 18.9 Å². The Hall–Kier alpha value is -2.15. The molecule has 0 atom stereocenters. The van der Waals surface area contributed by atoms with Crippen molar-refractivity contribution >= 4 is 21.7 Å². The van der Waals surface area contributed by atoms with Gasteiger partial charge >= 0.3 is 0 Å². The van der Waals surface area contributed by atoms with E-state index in [1.165, 1.54) is 18.3 Å². The number of rotatable bonds is 6. The topological polar surface area (TPSA) is 84.0 Å². The number of hydrogen-bond acceptors (Lipinski definition) is 5. The highest BCUT2D eigenvalue weighted by Crippen LogP contribution is 2.17. The van der Waals surface area contributed by atoms with E-state index in [0.717, 1.165) is 18.5 Å². The summed E-state index contributed by atoms with van der Waals surface area (Å²) in [7, 11) is -3.67. The summed E-state index contributed by atoms with van der Waals surface area (Å²) in [5.41, 5.74) is 0.933. The lowest BCUT2D eigenvalue weighted by atomic mass is 10.3. The lowest BCUT2D eigenvalue weighted by molar-refractivity contribution is 0.601. The highest BCUT2D eigenvalue weighted by atomic mass is 32.2. The zero-order valence-electron chi connectivity index (χ0n) is 12.0. The second-order valence-electron chi connectivity index (χ2n) is 4.63. The number of anilines is 2. The predicted octanol–water partition coefficient (Wildman–Crippen LogP) is 2.41. The average molecular weight is 306 g/mol. The molecule has 0 aromatic carbocycles. The number of hydrogen-bond donors (Lipinski definition) is 2. The van der Waals surface area contributed by atoms with Crippen molar-refractivity contribution in [3.8, 4) is 0 Å². The van der Waals surface area contributed by atoms with Crippen LogP contribution in [0.4, 0.5) is 11.6 Å². The third-order valence-electron chi connectivity index (χ3n) is 2.75. The van der Waals surface area contributed by atoms with E-state index in [0.29, 0.717) is 11.6 Å². The summed E-state index contributed by atoms with van der Waals surface area (Å²) in [6.45, 7) is 4.64. The molecule has 0 bridgehead atoms. The lowest BCUT2D eigenvalue weighted by Crippen LogP contribution is -2.14. The molecule has 0 unspecified atom stereocenters. The molecule has 0 amide bonds. The second kappa shape index (κ2) is 6.53. The van der Waals surface area contributed by atoms with Gasteiger partial charge in [0.05, 0.1) is 4.90 Å². The van der Waals surface area contributed by atoms with Gasteiger partial charge in [-0.25, -0.2) is 18.4 Å². The minimum absolute atomic E-state index is 0.152. The Morgan fingerprint density at radius 2 is 1.81 bits per heavy atom. The average Bonchev–Trinajstić information content (AvgIpc) is 2.45. The van der Waals surface area contributed by atoms with E-state index in [1.807, 2.05) is 13.8 Å². The fourth-order valence-electron chi connectivity index (χ4n) is 1.72. The first-order valence-electron chi connectivity index (χ1n) is 6.66. The van der Waals surface area contributed by atoms with Crippen molar-refractivity contribution in [2.45, 2.75) is 25.2 Å². The molecule has 0 spiro atoms. The van der Waals surface area contributed by atoms with Crippen molar-refractivity contribution in [2.24, 2.45) is 0 Å². The molecule has 2 heterocycles. The molecular formula is C14H18N4O2S. The van der Waals surface area contributed by atoms with E-state index >= 15 is 0 Å². The van der Waals surface area contributed by atoms with E-state index in [4.69, 9.17) is 0 Å². The molecule has 2 aromatic heterocycles. The Balaban J connectivity index is 2.23. The van der Waals surface area contributed by atoms with Crippen LogP contribution in [0.2, 0.25) is 0 Å². The third-order valence-corrected chi connectivity index (χ3v) is 4.10. The van der Waals surface area contributed by atoms with E-state index in [1.54, 1.807) is 18.3 Å². The molecule has 0 aliphatic rings. The Morgan fingerprint density at radius 3 is 2.52 bits per heavy atom. The molecule has 0 saturated carbocycles. The molecule has 7 heteroatoms. The first kappa shape index (κ1) is 15.2. The number of sulfonamides is 1. The van der Waals surface area contributed by atoms with Gasteiger partial charge in [0.15, 0.2) is 0 Å². The maximum Gasteiger partial charge on any atom is 0.263 e. The smallest absolute Gasteiger partial charge is 0.263 e. The fourth-order valence-corrected chi connectivity index (χ4v) is 2.73. The normalized spacial score (nSPS) is 11.1. The van der Waals surface area contributed by atoms with Crippen molar-refractivity contribution < 1.29 is 8.42 Å². The zero-order chi connectivity index (χ0) is 15.3. The van der Waals surface area contributed by atoms with E-state index in [2.05, 4.69) is 20.0 Å². The molecule has 0 aliphatic carbocycles. The van der Waals surface area contributed by atoms with Crippen LogP contribution in [0.5, 0.6) is 0 Å². The Morgan fingerprint density at radius 1 is 1.10 bits per heavy atom. The predicted molar refractivity (Wildman–Crippen MR) is 82.8 cm³/mol. The number of nitrogens with one attached hydrogen (secondary N) is 2. The summed E-state index contributed by atoms with van der Waals surface area (Å²) in [4.78, 5) is 8.25. The maximum atomic E-state index is 12.3. The van der Waals surface area contributed by atoms with Crippen molar-refractivity contribution in [1.29, 1.82) is 0 Å². The molecule has 0 saturated heterocycles. The molecule has 0 fully saturated rings. The van der Waals surface area contributed by atoms with Crippen molar-refractivity contribution in [1.82, 2.24) is 9.97 Å². The van der Waals surface area contributed by atoms with Gasteiger partial charge in [-0.1, -0.05) is 6.92 Å². The largest absolute Gasteiger partial charge is 0.370 e. The van der Waals surface area contributed by atoms with Crippen LogP contribution >= 0.6 is 0 Å². The summed E-state index contributed by atoms with van der Waals surface area (Å²) in [6, 6.07) is 6.44. The van der Waals surface area contributed by atoms with Crippen LogP contribution in [0, 0.1) is 6.92 Å². The highest BCUT2D eigenvalue weighted by Gasteiger charge is 2.15. The number of pyridine rings is 2. The number of aryl methyl sites for hydroxylation is 1. The highest BCUT2D eigenvalue weighted by molar-refractivity contribution is 7.92. The van der Waals surface area contributed by atoms with Crippen molar-refractivity contribution in [3.05, 3.63) is 42.2 Å². The van der Waals surface area contributed by atoms with Gasteiger partial charge in [-0.05, 0) is 37.1 Å². The summed E-state index contributed by atoms with van der Waals surface area (Å²) < 4.78 is 27.1. The Labute approximate surface area is 124 Å². The molecule has 2 rings (SSSR count). The third kappa shape index (κ3) is 4.16. The van der Waals surface area contributed by atoms with Gasteiger partial charge in [0.25, 0.3) is 10.0 Å². The van der Waals surface area contributed by atoms with Crippen LogP contribution in [-0.4, -0.2) is 24.9 Å². The first-order valence-corrected chi connectivity index (χ1v) is 8.15. The monoisotopic (exact) mass is 306 g/mol. The van der Waals surface area contributed by atoms with Crippen molar-refractivity contribution in [3.63, 3.8) is 0 Å². The summed E-state index contributed by atoms with van der Waals surface area (Å²) >= 11 is 0. The molecule has 2 N–H and O–H groups in total. The SMILES string of the molecule is CCCNc1cc(S(=O)(=O)Nc2cc(C)ccn2)ccn1. The summed E-state index contributed by atoms with van der Waals surface area (Å²) in [5, 5.41) is 3.06. The van der Waals surface area contributed by atoms with Gasteiger partial charge in [0.1, 0.15) is 11.6 Å². The first-order chi connectivity index (χ1) is 10.0. The Kier molecular flexibility index (Phi) is 4.74. The lowest BCUT2D eigenvalue weighted by Gasteiger charge is -2.09. The molecule has 21 heavy (non-hydrogen) atoms. The fraction of sp³-hybridized carbons (Fsp3) is 0.286. The van der Waals surface area contributed by atoms with E-state index < -0.39 is 10.0 Å². The van der Waals surface area contributed by atoms with Crippen LogP contribution in [-0.2, 0) is 10.0 Å². The minimum atomic E-state index is -3.67. The zero-order valence-corrected chi connectivity index (χ0v) is 12.8. The van der Waals surface area contributed by atoms with Gasteiger partial charge in [0.2, 0.25) is 0 Å². The van der Waals surface area contributed by atoms with Crippen LogP contribution in [0.15, 0.2) is 41.6 Å². The summed E-state index contributed by atoms with van der Waals surface area (Å²) in [5.74, 6) is 0.840. The molecule has 0 aliphatic heterocycles. The van der Waals surface area contributed by atoms with Gasteiger partial charge in [-0.3, -0.25) is 4.72 Å². The minimum Gasteiger partial charge on any atom is -0.370 e. The Bertz CT molecular complexity index is 716. The van der Waals surface area contributed by atoms with Gasteiger partial charge in [-0.2, -0.15) is 0 Å². The molecule has 0 radical (unpaired) electrons.